The number of thioether (sulfide) groups is 1. The van der Waals surface area contributed by atoms with E-state index in [1.54, 1.807) is 37.3 Å². The first-order valence-electron chi connectivity index (χ1n) is 10.8. The van der Waals surface area contributed by atoms with Crippen molar-refractivity contribution in [1.82, 2.24) is 4.31 Å². The summed E-state index contributed by atoms with van der Waals surface area (Å²) in [7, 11) is -3.66. The lowest BCUT2D eigenvalue weighted by Crippen LogP contribution is -2.41. The van der Waals surface area contributed by atoms with Crippen molar-refractivity contribution in [3.05, 3.63) is 47.0 Å². The normalized spacial score (nSPS) is 19.3. The zero-order chi connectivity index (χ0) is 23.8. The third-order valence-electron chi connectivity index (χ3n) is 5.94. The Morgan fingerprint density at radius 2 is 1.94 bits per heavy atom. The maximum Gasteiger partial charge on any atom is 0.244 e. The Kier molecular flexibility index (Phi) is 7.04. The minimum Gasteiger partial charge on any atom is -0.324 e. The molecule has 2 heterocycles. The lowest BCUT2D eigenvalue weighted by Gasteiger charge is -2.25. The van der Waals surface area contributed by atoms with Crippen LogP contribution in [0.5, 0.6) is 0 Å². The number of amides is 2. The van der Waals surface area contributed by atoms with E-state index < -0.39 is 10.0 Å². The van der Waals surface area contributed by atoms with E-state index in [-0.39, 0.29) is 29.2 Å². The predicted octanol–water partition coefficient (Wildman–Crippen LogP) is 4.15. The molecule has 0 bridgehead atoms. The molecule has 2 aromatic carbocycles. The van der Waals surface area contributed by atoms with E-state index in [4.69, 9.17) is 11.6 Å². The number of halogens is 1. The molecule has 10 heteroatoms. The van der Waals surface area contributed by atoms with Gasteiger partial charge >= 0.3 is 0 Å². The van der Waals surface area contributed by atoms with Crippen LogP contribution in [0.15, 0.2) is 46.2 Å². The lowest BCUT2D eigenvalue weighted by molar-refractivity contribution is -0.123. The molecule has 33 heavy (non-hydrogen) atoms. The Morgan fingerprint density at radius 1 is 1.21 bits per heavy atom. The van der Waals surface area contributed by atoms with E-state index in [0.717, 1.165) is 23.3 Å². The molecule has 0 aliphatic carbocycles. The van der Waals surface area contributed by atoms with Crippen LogP contribution in [0.2, 0.25) is 5.02 Å². The Labute approximate surface area is 203 Å². The van der Waals surface area contributed by atoms with E-state index in [0.29, 0.717) is 35.2 Å². The summed E-state index contributed by atoms with van der Waals surface area (Å²) in [5.74, 6) is -0.362. The molecule has 0 aromatic heterocycles. The number of carbonyl (C=O) groups excluding carboxylic acids is 2. The molecule has 1 fully saturated rings. The Morgan fingerprint density at radius 3 is 2.67 bits per heavy atom. The van der Waals surface area contributed by atoms with Crippen LogP contribution >= 0.6 is 23.4 Å². The van der Waals surface area contributed by atoms with Gasteiger partial charge in [0.2, 0.25) is 21.8 Å². The number of nitrogens with one attached hydrogen (secondary N) is 1. The van der Waals surface area contributed by atoms with E-state index in [9.17, 15) is 18.0 Å². The second kappa shape index (κ2) is 9.66. The van der Waals surface area contributed by atoms with Crippen LogP contribution in [0.4, 0.5) is 11.4 Å². The summed E-state index contributed by atoms with van der Waals surface area (Å²) in [5.41, 5.74) is 1.76. The van der Waals surface area contributed by atoms with Gasteiger partial charge in [-0.2, -0.15) is 4.31 Å². The first-order chi connectivity index (χ1) is 15.7. The zero-order valence-corrected chi connectivity index (χ0v) is 20.9. The van der Waals surface area contributed by atoms with Crippen molar-refractivity contribution in [2.75, 3.05) is 35.6 Å². The molecule has 176 valence electrons. The maximum atomic E-state index is 13.2. The van der Waals surface area contributed by atoms with Crippen LogP contribution in [0.3, 0.4) is 0 Å². The first-order valence-corrected chi connectivity index (χ1v) is 13.6. The molecule has 4 rings (SSSR count). The minimum absolute atomic E-state index is 0.141. The first kappa shape index (κ1) is 24.1. The fourth-order valence-electron chi connectivity index (χ4n) is 3.98. The van der Waals surface area contributed by atoms with Gasteiger partial charge in [-0.05, 0) is 55.7 Å². The number of anilines is 2. The molecule has 7 nitrogen and oxygen atoms in total. The van der Waals surface area contributed by atoms with Crippen molar-refractivity contribution < 1.29 is 18.0 Å². The summed E-state index contributed by atoms with van der Waals surface area (Å²) in [6.45, 7) is 4.38. The largest absolute Gasteiger partial charge is 0.324 e. The SMILES string of the molecule is Cc1c(Cl)cccc1NC(=O)CN1C(=O)[C@@H](C)CSc2ccc(S(=O)(=O)N3CCCC3)cc21. The minimum atomic E-state index is -3.66. The van der Waals surface area contributed by atoms with E-state index >= 15 is 0 Å². The van der Waals surface area contributed by atoms with Crippen molar-refractivity contribution >= 4 is 56.6 Å². The van der Waals surface area contributed by atoms with Crippen molar-refractivity contribution in [1.29, 1.82) is 0 Å². The van der Waals surface area contributed by atoms with Crippen molar-refractivity contribution in [3.8, 4) is 0 Å². The van der Waals surface area contributed by atoms with Crippen molar-refractivity contribution in [3.63, 3.8) is 0 Å². The number of rotatable bonds is 5. The van der Waals surface area contributed by atoms with Gasteiger partial charge in [0.05, 0.1) is 10.6 Å². The Bertz CT molecular complexity index is 1200. The molecule has 0 radical (unpaired) electrons. The van der Waals surface area contributed by atoms with Crippen LogP contribution in [0.1, 0.15) is 25.3 Å². The van der Waals surface area contributed by atoms with Crippen LogP contribution in [0, 0.1) is 12.8 Å². The van der Waals surface area contributed by atoms with Crippen LogP contribution in [-0.2, 0) is 19.6 Å². The second-order valence-electron chi connectivity index (χ2n) is 8.34. The molecule has 1 atom stereocenters. The Hall–Kier alpha value is -2.07. The van der Waals surface area contributed by atoms with Crippen LogP contribution < -0.4 is 10.2 Å². The van der Waals surface area contributed by atoms with E-state index in [1.807, 2.05) is 6.92 Å². The van der Waals surface area contributed by atoms with Gasteiger partial charge in [0.15, 0.2) is 0 Å². The highest BCUT2D eigenvalue weighted by Crippen LogP contribution is 2.38. The molecule has 0 unspecified atom stereocenters. The number of hydrogen-bond donors (Lipinski definition) is 1. The van der Waals surface area contributed by atoms with Gasteiger partial charge in [-0.1, -0.05) is 24.6 Å². The highest BCUT2D eigenvalue weighted by molar-refractivity contribution is 7.99. The highest BCUT2D eigenvalue weighted by atomic mass is 35.5. The number of nitrogens with zero attached hydrogens (tertiary/aromatic N) is 2. The van der Waals surface area contributed by atoms with Gasteiger partial charge in [-0.3, -0.25) is 9.59 Å². The fourth-order valence-corrected chi connectivity index (χ4v) is 6.74. The highest BCUT2D eigenvalue weighted by Gasteiger charge is 2.33. The number of fused-ring (bicyclic) bond motifs is 1. The molecule has 1 saturated heterocycles. The topological polar surface area (TPSA) is 86.8 Å². The maximum absolute atomic E-state index is 13.2. The summed E-state index contributed by atoms with van der Waals surface area (Å²) in [5, 5.41) is 3.36. The molecule has 2 aliphatic rings. The molecule has 2 aliphatic heterocycles. The van der Waals surface area contributed by atoms with Gasteiger partial charge in [0.25, 0.3) is 0 Å². The third-order valence-corrected chi connectivity index (χ3v) is 9.57. The van der Waals surface area contributed by atoms with Crippen molar-refractivity contribution in [2.24, 2.45) is 5.92 Å². The third kappa shape index (κ3) is 4.91. The summed E-state index contributed by atoms with van der Waals surface area (Å²) in [6.07, 6.45) is 1.68. The average molecular weight is 508 g/mol. The van der Waals surface area contributed by atoms with Gasteiger partial charge in [-0.25, -0.2) is 8.42 Å². The van der Waals surface area contributed by atoms with Crippen LogP contribution in [0.25, 0.3) is 0 Å². The molecular weight excluding hydrogens is 482 g/mol. The van der Waals surface area contributed by atoms with Crippen molar-refractivity contribution in [2.45, 2.75) is 36.5 Å². The molecule has 0 saturated carbocycles. The summed E-state index contributed by atoms with van der Waals surface area (Å²) >= 11 is 7.65. The lowest BCUT2D eigenvalue weighted by atomic mass is 10.1. The molecular formula is C23H26ClN3O4S2. The molecule has 1 N–H and O–H groups in total. The number of sulfonamides is 1. The number of hydrogen-bond acceptors (Lipinski definition) is 5. The van der Waals surface area contributed by atoms with Gasteiger partial charge in [-0.15, -0.1) is 11.8 Å². The van der Waals surface area contributed by atoms with Gasteiger partial charge in [0.1, 0.15) is 6.54 Å². The van der Waals surface area contributed by atoms with E-state index in [1.165, 1.54) is 27.0 Å². The predicted molar refractivity (Wildman–Crippen MR) is 131 cm³/mol. The average Bonchev–Trinajstić information content (AvgIpc) is 3.31. The second-order valence-corrected chi connectivity index (χ2v) is 11.7. The van der Waals surface area contributed by atoms with Gasteiger partial charge in [0, 0.05) is 40.4 Å². The fraction of sp³-hybridized carbons (Fsp3) is 0.391. The number of carbonyl (C=O) groups is 2. The monoisotopic (exact) mass is 507 g/mol. The number of benzene rings is 2. The standard InChI is InChI=1S/C23H26ClN3O4S2/c1-15-14-32-21-9-8-17(33(30,31)26-10-3-4-11-26)12-20(21)27(23(15)29)13-22(28)25-19-7-5-6-18(24)16(19)2/h5-9,12,15H,3-4,10-11,13-14H2,1-2H3,(H,25,28)/t15-/m0/s1. The smallest absolute Gasteiger partial charge is 0.244 e. The Balaban J connectivity index is 1.66. The quantitative estimate of drug-likeness (QED) is 0.657. The summed E-state index contributed by atoms with van der Waals surface area (Å²) in [6, 6.07) is 10.1. The van der Waals surface area contributed by atoms with E-state index in [2.05, 4.69) is 5.32 Å². The van der Waals surface area contributed by atoms with Crippen LogP contribution in [-0.4, -0.2) is 49.9 Å². The molecule has 2 amide bonds. The summed E-state index contributed by atoms with van der Waals surface area (Å²) in [4.78, 5) is 28.4. The summed E-state index contributed by atoms with van der Waals surface area (Å²) < 4.78 is 27.7. The molecule has 2 aromatic rings. The zero-order valence-electron chi connectivity index (χ0n) is 18.5. The van der Waals surface area contributed by atoms with Gasteiger partial charge < -0.3 is 10.2 Å². The molecule has 0 spiro atoms.